The number of benzene rings is 2. The third kappa shape index (κ3) is 2.51. The van der Waals surface area contributed by atoms with Crippen LogP contribution >= 0.6 is 11.6 Å². The van der Waals surface area contributed by atoms with Gasteiger partial charge < -0.3 is 4.74 Å². The summed E-state index contributed by atoms with van der Waals surface area (Å²) in [6.45, 7) is 0. The average Bonchev–Trinajstić information content (AvgIpc) is 2.37. The van der Waals surface area contributed by atoms with Crippen molar-refractivity contribution in [3.8, 4) is 5.75 Å². The van der Waals surface area contributed by atoms with Crippen LogP contribution in [0, 0.1) is 5.82 Å². The van der Waals surface area contributed by atoms with Gasteiger partial charge in [0.2, 0.25) is 0 Å². The number of rotatable bonds is 3. The Bertz CT molecular complexity index is 596. The first kappa shape index (κ1) is 12.6. The average molecular weight is 265 g/mol. The standard InChI is InChI=1S/C14H10ClFO2/c1-18-13-6-5-10(8-12(13)16)14(17)9-3-2-4-11(15)7-9/h2-8H,1H3. The van der Waals surface area contributed by atoms with Crippen LogP contribution in [0.2, 0.25) is 5.02 Å². The molecule has 18 heavy (non-hydrogen) atoms. The lowest BCUT2D eigenvalue weighted by molar-refractivity contribution is 0.103. The molecule has 0 N–H and O–H groups in total. The van der Waals surface area contributed by atoms with Gasteiger partial charge in [-0.05, 0) is 30.3 Å². The van der Waals surface area contributed by atoms with Crippen molar-refractivity contribution in [1.29, 1.82) is 0 Å². The molecule has 0 aliphatic carbocycles. The number of ketones is 1. The molecule has 0 atom stereocenters. The Balaban J connectivity index is 2.37. The summed E-state index contributed by atoms with van der Waals surface area (Å²) in [5, 5.41) is 0.467. The highest BCUT2D eigenvalue weighted by Gasteiger charge is 2.12. The molecule has 2 rings (SSSR count). The number of carbonyl (C=O) groups is 1. The lowest BCUT2D eigenvalue weighted by atomic mass is 10.0. The van der Waals surface area contributed by atoms with Gasteiger partial charge in [-0.2, -0.15) is 0 Å². The second-order valence-corrected chi connectivity index (χ2v) is 4.13. The lowest BCUT2D eigenvalue weighted by Crippen LogP contribution is -2.02. The number of carbonyl (C=O) groups excluding carboxylic acids is 1. The molecule has 92 valence electrons. The van der Waals surface area contributed by atoms with Gasteiger partial charge in [-0.1, -0.05) is 23.7 Å². The van der Waals surface area contributed by atoms with Gasteiger partial charge in [0.15, 0.2) is 17.3 Å². The van der Waals surface area contributed by atoms with E-state index in [2.05, 4.69) is 0 Å². The van der Waals surface area contributed by atoms with Crippen molar-refractivity contribution in [2.24, 2.45) is 0 Å². The van der Waals surface area contributed by atoms with Crippen LogP contribution in [0.1, 0.15) is 15.9 Å². The van der Waals surface area contributed by atoms with Crippen LogP contribution in [-0.4, -0.2) is 12.9 Å². The van der Waals surface area contributed by atoms with Gasteiger partial charge in [-0.3, -0.25) is 4.79 Å². The third-order valence-corrected chi connectivity index (χ3v) is 2.74. The van der Waals surface area contributed by atoms with Gasteiger partial charge in [0.25, 0.3) is 0 Å². The summed E-state index contributed by atoms with van der Waals surface area (Å²) in [5.74, 6) is -0.734. The van der Waals surface area contributed by atoms with Crippen LogP contribution in [0.3, 0.4) is 0 Å². The second-order valence-electron chi connectivity index (χ2n) is 3.69. The zero-order valence-corrected chi connectivity index (χ0v) is 10.4. The summed E-state index contributed by atoms with van der Waals surface area (Å²) in [6, 6.07) is 10.6. The lowest BCUT2D eigenvalue weighted by Gasteiger charge is -2.05. The minimum absolute atomic E-state index is 0.109. The van der Waals surface area contributed by atoms with Gasteiger partial charge in [0.05, 0.1) is 7.11 Å². The zero-order chi connectivity index (χ0) is 13.1. The fourth-order valence-electron chi connectivity index (χ4n) is 1.60. The molecule has 0 aromatic heterocycles. The predicted molar refractivity (Wildman–Crippen MR) is 67.8 cm³/mol. The molecule has 0 spiro atoms. The SMILES string of the molecule is COc1ccc(C(=O)c2cccc(Cl)c2)cc1F. The zero-order valence-electron chi connectivity index (χ0n) is 9.61. The van der Waals surface area contributed by atoms with Crippen LogP contribution in [0.5, 0.6) is 5.75 Å². The molecule has 0 radical (unpaired) electrons. The van der Waals surface area contributed by atoms with Crippen molar-refractivity contribution in [1.82, 2.24) is 0 Å². The predicted octanol–water partition coefficient (Wildman–Crippen LogP) is 3.72. The number of hydrogen-bond acceptors (Lipinski definition) is 2. The van der Waals surface area contributed by atoms with Crippen LogP contribution in [0.4, 0.5) is 4.39 Å². The van der Waals surface area contributed by atoms with E-state index in [-0.39, 0.29) is 17.1 Å². The van der Waals surface area contributed by atoms with E-state index in [1.807, 2.05) is 0 Å². The molecule has 0 aliphatic rings. The smallest absolute Gasteiger partial charge is 0.193 e. The molecular weight excluding hydrogens is 255 g/mol. The fraction of sp³-hybridized carbons (Fsp3) is 0.0714. The molecule has 2 aromatic rings. The Morgan fingerprint density at radius 1 is 1.17 bits per heavy atom. The summed E-state index contributed by atoms with van der Waals surface area (Å²) < 4.78 is 18.3. The van der Waals surface area contributed by atoms with E-state index in [1.165, 1.54) is 19.2 Å². The van der Waals surface area contributed by atoms with Crippen molar-refractivity contribution in [2.45, 2.75) is 0 Å². The molecule has 0 heterocycles. The highest BCUT2D eigenvalue weighted by Crippen LogP contribution is 2.20. The van der Waals surface area contributed by atoms with E-state index < -0.39 is 5.82 Å². The van der Waals surface area contributed by atoms with Crippen LogP contribution in [0.25, 0.3) is 0 Å². The first-order chi connectivity index (χ1) is 8.61. The Hall–Kier alpha value is -1.87. The number of hydrogen-bond donors (Lipinski definition) is 0. The quantitative estimate of drug-likeness (QED) is 0.790. The molecule has 0 unspecified atom stereocenters. The summed E-state index contributed by atoms with van der Waals surface area (Å²) in [7, 11) is 1.37. The minimum Gasteiger partial charge on any atom is -0.494 e. The van der Waals surface area contributed by atoms with E-state index >= 15 is 0 Å². The number of methoxy groups -OCH3 is 1. The summed E-state index contributed by atoms with van der Waals surface area (Å²) in [5.41, 5.74) is 0.683. The maximum atomic E-state index is 13.5. The van der Waals surface area contributed by atoms with Crippen LogP contribution in [0.15, 0.2) is 42.5 Å². The normalized spacial score (nSPS) is 10.2. The summed E-state index contributed by atoms with van der Waals surface area (Å²) >= 11 is 5.81. The summed E-state index contributed by atoms with van der Waals surface area (Å²) in [6.07, 6.45) is 0. The van der Waals surface area contributed by atoms with Crippen molar-refractivity contribution >= 4 is 17.4 Å². The van der Waals surface area contributed by atoms with Gasteiger partial charge in [-0.15, -0.1) is 0 Å². The maximum absolute atomic E-state index is 13.5. The van der Waals surface area contributed by atoms with Gasteiger partial charge in [-0.25, -0.2) is 4.39 Å². The van der Waals surface area contributed by atoms with Crippen molar-refractivity contribution < 1.29 is 13.9 Å². The molecule has 2 nitrogen and oxygen atoms in total. The van der Waals surface area contributed by atoms with Crippen molar-refractivity contribution in [3.05, 3.63) is 64.4 Å². The number of ether oxygens (including phenoxy) is 1. The molecule has 2 aromatic carbocycles. The van der Waals surface area contributed by atoms with Crippen LogP contribution < -0.4 is 4.74 Å². The second kappa shape index (κ2) is 5.19. The minimum atomic E-state index is -0.564. The van der Waals surface area contributed by atoms with E-state index in [1.54, 1.807) is 24.3 Å². The molecule has 0 fully saturated rings. The Labute approximate surface area is 109 Å². The first-order valence-electron chi connectivity index (χ1n) is 5.25. The molecule has 0 saturated heterocycles. The largest absolute Gasteiger partial charge is 0.494 e. The van der Waals surface area contributed by atoms with Gasteiger partial charge >= 0.3 is 0 Å². The van der Waals surface area contributed by atoms with E-state index in [0.29, 0.717) is 10.6 Å². The van der Waals surface area contributed by atoms with Crippen molar-refractivity contribution in [2.75, 3.05) is 7.11 Å². The summed E-state index contributed by atoms with van der Waals surface area (Å²) in [4.78, 5) is 12.1. The fourth-order valence-corrected chi connectivity index (χ4v) is 1.79. The topological polar surface area (TPSA) is 26.3 Å². The monoisotopic (exact) mass is 264 g/mol. The highest BCUT2D eigenvalue weighted by molar-refractivity contribution is 6.31. The van der Waals surface area contributed by atoms with Gasteiger partial charge in [0, 0.05) is 16.1 Å². The molecule has 0 amide bonds. The van der Waals surface area contributed by atoms with Gasteiger partial charge in [0.1, 0.15) is 0 Å². The molecule has 0 saturated carbocycles. The Morgan fingerprint density at radius 3 is 2.50 bits per heavy atom. The van der Waals surface area contributed by atoms with E-state index in [0.717, 1.165) is 6.07 Å². The first-order valence-corrected chi connectivity index (χ1v) is 5.63. The Kier molecular flexibility index (Phi) is 3.63. The Morgan fingerprint density at radius 2 is 1.89 bits per heavy atom. The molecule has 0 bridgehead atoms. The number of halogens is 2. The highest BCUT2D eigenvalue weighted by atomic mass is 35.5. The van der Waals surface area contributed by atoms with Crippen molar-refractivity contribution in [3.63, 3.8) is 0 Å². The third-order valence-electron chi connectivity index (χ3n) is 2.50. The molecule has 0 aliphatic heterocycles. The molecule has 4 heteroatoms. The van der Waals surface area contributed by atoms with Crippen LogP contribution in [-0.2, 0) is 0 Å². The molecular formula is C14H10ClFO2. The van der Waals surface area contributed by atoms with E-state index in [4.69, 9.17) is 16.3 Å². The van der Waals surface area contributed by atoms with E-state index in [9.17, 15) is 9.18 Å². The maximum Gasteiger partial charge on any atom is 0.193 e.